The highest BCUT2D eigenvalue weighted by atomic mass is 15.3. The smallest absolute Gasteiger partial charge is 0.0234 e. The molecule has 0 radical (unpaired) electrons. The SMILES string of the molecule is CC(C)c1ccc(CN2CCN(Cc3ccccc3)CC2)cc1. The van der Waals surface area contributed by atoms with Crippen LogP contribution in [0.4, 0.5) is 0 Å². The molecule has 0 spiro atoms. The molecule has 0 saturated carbocycles. The van der Waals surface area contributed by atoms with Crippen molar-refractivity contribution >= 4 is 0 Å². The van der Waals surface area contributed by atoms with E-state index in [1.54, 1.807) is 0 Å². The van der Waals surface area contributed by atoms with Crippen LogP contribution in [0.3, 0.4) is 0 Å². The molecule has 0 N–H and O–H groups in total. The molecule has 0 aromatic heterocycles. The molecule has 2 aromatic rings. The highest BCUT2D eigenvalue weighted by Gasteiger charge is 2.17. The van der Waals surface area contributed by atoms with Gasteiger partial charge in [0, 0.05) is 39.3 Å². The Balaban J connectivity index is 1.47. The Morgan fingerprint density at radius 2 is 1.17 bits per heavy atom. The van der Waals surface area contributed by atoms with Gasteiger partial charge in [-0.1, -0.05) is 68.4 Å². The van der Waals surface area contributed by atoms with E-state index in [4.69, 9.17) is 0 Å². The standard InChI is InChI=1S/C21H28N2/c1-18(2)21-10-8-20(9-11-21)17-23-14-12-22(13-15-23)16-19-6-4-3-5-7-19/h3-11,18H,12-17H2,1-2H3. The fourth-order valence-electron chi connectivity index (χ4n) is 3.21. The van der Waals surface area contributed by atoms with Crippen LogP contribution in [0.5, 0.6) is 0 Å². The van der Waals surface area contributed by atoms with Crippen molar-refractivity contribution in [3.05, 3.63) is 71.3 Å². The Labute approximate surface area is 140 Å². The summed E-state index contributed by atoms with van der Waals surface area (Å²) in [4.78, 5) is 5.14. The lowest BCUT2D eigenvalue weighted by molar-refractivity contribution is 0.122. The van der Waals surface area contributed by atoms with Gasteiger partial charge in [-0.15, -0.1) is 0 Å². The Bertz CT molecular complexity index is 581. The Morgan fingerprint density at radius 1 is 0.696 bits per heavy atom. The van der Waals surface area contributed by atoms with Crippen molar-refractivity contribution in [2.45, 2.75) is 32.9 Å². The zero-order chi connectivity index (χ0) is 16.1. The van der Waals surface area contributed by atoms with Gasteiger partial charge in [0.2, 0.25) is 0 Å². The van der Waals surface area contributed by atoms with Gasteiger partial charge >= 0.3 is 0 Å². The van der Waals surface area contributed by atoms with Crippen molar-refractivity contribution in [3.63, 3.8) is 0 Å². The van der Waals surface area contributed by atoms with Crippen LogP contribution in [-0.2, 0) is 13.1 Å². The van der Waals surface area contributed by atoms with Crippen molar-refractivity contribution in [2.24, 2.45) is 0 Å². The van der Waals surface area contributed by atoms with E-state index in [1.807, 2.05) is 0 Å². The quantitative estimate of drug-likeness (QED) is 0.819. The lowest BCUT2D eigenvalue weighted by atomic mass is 10.0. The summed E-state index contributed by atoms with van der Waals surface area (Å²) in [6.07, 6.45) is 0. The molecule has 1 aliphatic heterocycles. The van der Waals surface area contributed by atoms with E-state index in [-0.39, 0.29) is 0 Å². The normalized spacial score (nSPS) is 16.8. The highest BCUT2D eigenvalue weighted by Crippen LogP contribution is 2.16. The number of hydrogen-bond acceptors (Lipinski definition) is 2. The second-order valence-electron chi connectivity index (χ2n) is 6.93. The van der Waals surface area contributed by atoms with Gasteiger partial charge in [-0.05, 0) is 22.6 Å². The maximum absolute atomic E-state index is 2.58. The lowest BCUT2D eigenvalue weighted by Gasteiger charge is -2.34. The van der Waals surface area contributed by atoms with Crippen molar-refractivity contribution in [1.29, 1.82) is 0 Å². The van der Waals surface area contributed by atoms with Crippen LogP contribution in [0.15, 0.2) is 54.6 Å². The van der Waals surface area contributed by atoms with Gasteiger partial charge in [-0.2, -0.15) is 0 Å². The van der Waals surface area contributed by atoms with Crippen molar-refractivity contribution in [3.8, 4) is 0 Å². The van der Waals surface area contributed by atoms with E-state index in [2.05, 4.69) is 78.2 Å². The average Bonchev–Trinajstić information content (AvgIpc) is 2.58. The van der Waals surface area contributed by atoms with E-state index in [0.29, 0.717) is 5.92 Å². The molecule has 1 aliphatic rings. The van der Waals surface area contributed by atoms with Gasteiger partial charge in [0.15, 0.2) is 0 Å². The highest BCUT2D eigenvalue weighted by molar-refractivity contribution is 5.24. The molecule has 3 rings (SSSR count). The van der Waals surface area contributed by atoms with Crippen LogP contribution in [-0.4, -0.2) is 36.0 Å². The molecule has 0 aliphatic carbocycles. The molecule has 1 fully saturated rings. The first-order valence-electron chi connectivity index (χ1n) is 8.78. The Hall–Kier alpha value is -1.64. The molecule has 2 heteroatoms. The van der Waals surface area contributed by atoms with Crippen LogP contribution < -0.4 is 0 Å². The molecule has 23 heavy (non-hydrogen) atoms. The Kier molecular flexibility index (Phi) is 5.47. The molecule has 0 atom stereocenters. The Morgan fingerprint density at radius 3 is 1.65 bits per heavy atom. The molecular weight excluding hydrogens is 280 g/mol. The van der Waals surface area contributed by atoms with E-state index in [9.17, 15) is 0 Å². The van der Waals surface area contributed by atoms with Gasteiger partial charge in [0.05, 0.1) is 0 Å². The minimum Gasteiger partial charge on any atom is -0.297 e. The largest absolute Gasteiger partial charge is 0.297 e. The van der Waals surface area contributed by atoms with Gasteiger partial charge in [0.1, 0.15) is 0 Å². The lowest BCUT2D eigenvalue weighted by Crippen LogP contribution is -2.45. The van der Waals surface area contributed by atoms with Gasteiger partial charge in [-0.3, -0.25) is 9.80 Å². The average molecular weight is 308 g/mol. The predicted octanol–water partition coefficient (Wildman–Crippen LogP) is 4.13. The molecule has 0 bridgehead atoms. The first-order chi connectivity index (χ1) is 11.2. The molecule has 1 heterocycles. The summed E-state index contributed by atoms with van der Waals surface area (Å²) in [5, 5.41) is 0. The maximum atomic E-state index is 2.58. The fourth-order valence-corrected chi connectivity index (χ4v) is 3.21. The predicted molar refractivity (Wildman–Crippen MR) is 97.5 cm³/mol. The number of nitrogens with zero attached hydrogens (tertiary/aromatic N) is 2. The molecule has 122 valence electrons. The molecule has 2 aromatic carbocycles. The number of rotatable bonds is 5. The van der Waals surface area contributed by atoms with Crippen LogP contribution in [0.2, 0.25) is 0 Å². The zero-order valence-electron chi connectivity index (χ0n) is 14.4. The van der Waals surface area contributed by atoms with Gasteiger partial charge < -0.3 is 0 Å². The minimum atomic E-state index is 0.616. The number of benzene rings is 2. The zero-order valence-corrected chi connectivity index (χ0v) is 14.4. The molecule has 1 saturated heterocycles. The van der Waals surface area contributed by atoms with Crippen molar-refractivity contribution in [2.75, 3.05) is 26.2 Å². The van der Waals surface area contributed by atoms with Crippen LogP contribution in [0, 0.1) is 0 Å². The minimum absolute atomic E-state index is 0.616. The summed E-state index contributed by atoms with van der Waals surface area (Å²) in [7, 11) is 0. The van der Waals surface area contributed by atoms with E-state index in [1.165, 1.54) is 42.9 Å². The summed E-state index contributed by atoms with van der Waals surface area (Å²) in [5.74, 6) is 0.616. The second-order valence-corrected chi connectivity index (χ2v) is 6.93. The van der Waals surface area contributed by atoms with Crippen molar-refractivity contribution < 1.29 is 0 Å². The summed E-state index contributed by atoms with van der Waals surface area (Å²) in [6, 6.07) is 20.0. The summed E-state index contributed by atoms with van der Waals surface area (Å²) < 4.78 is 0. The third kappa shape index (κ3) is 4.66. The van der Waals surface area contributed by atoms with Crippen molar-refractivity contribution in [1.82, 2.24) is 9.80 Å². The molecular formula is C21H28N2. The molecule has 0 amide bonds. The van der Waals surface area contributed by atoms with Crippen LogP contribution in [0.1, 0.15) is 36.5 Å². The van der Waals surface area contributed by atoms with Gasteiger partial charge in [0.25, 0.3) is 0 Å². The monoisotopic (exact) mass is 308 g/mol. The summed E-state index contributed by atoms with van der Waals surface area (Å²) >= 11 is 0. The third-order valence-electron chi connectivity index (χ3n) is 4.77. The van der Waals surface area contributed by atoms with E-state index < -0.39 is 0 Å². The number of piperazine rings is 1. The molecule has 0 unspecified atom stereocenters. The topological polar surface area (TPSA) is 6.48 Å². The first kappa shape index (κ1) is 16.2. The fraction of sp³-hybridized carbons (Fsp3) is 0.429. The van der Waals surface area contributed by atoms with Crippen LogP contribution >= 0.6 is 0 Å². The van der Waals surface area contributed by atoms with E-state index in [0.717, 1.165) is 13.1 Å². The maximum Gasteiger partial charge on any atom is 0.0234 e. The summed E-state index contributed by atoms with van der Waals surface area (Å²) in [5.41, 5.74) is 4.29. The van der Waals surface area contributed by atoms with E-state index >= 15 is 0 Å². The summed E-state index contributed by atoms with van der Waals surface area (Å²) in [6.45, 7) is 11.3. The second kappa shape index (κ2) is 7.76. The van der Waals surface area contributed by atoms with Gasteiger partial charge in [-0.25, -0.2) is 0 Å². The van der Waals surface area contributed by atoms with Crippen LogP contribution in [0.25, 0.3) is 0 Å². The molecule has 2 nitrogen and oxygen atoms in total. The first-order valence-corrected chi connectivity index (χ1v) is 8.78. The number of hydrogen-bond donors (Lipinski definition) is 0. The third-order valence-corrected chi connectivity index (χ3v) is 4.77.